The van der Waals surface area contributed by atoms with Crippen LogP contribution in [0.1, 0.15) is 25.3 Å². The van der Waals surface area contributed by atoms with Crippen LogP contribution in [-0.2, 0) is 13.5 Å². The van der Waals surface area contributed by atoms with E-state index in [1.54, 1.807) is 0 Å². The number of hydrogen-bond donors (Lipinski definition) is 1. The highest BCUT2D eigenvalue weighted by Gasteiger charge is 2.07. The molecule has 1 N–H and O–H groups in total. The van der Waals surface area contributed by atoms with Crippen LogP contribution in [0, 0.1) is 0 Å². The first-order valence-corrected chi connectivity index (χ1v) is 7.35. The second kappa shape index (κ2) is 7.74. The van der Waals surface area contributed by atoms with Crippen molar-refractivity contribution in [1.29, 1.82) is 0 Å². The quantitative estimate of drug-likeness (QED) is 0.756. The normalized spacial score (nSPS) is 12.9. The molecule has 0 aromatic carbocycles. The van der Waals surface area contributed by atoms with Crippen LogP contribution in [0.25, 0.3) is 0 Å². The van der Waals surface area contributed by atoms with Crippen molar-refractivity contribution >= 4 is 11.8 Å². The van der Waals surface area contributed by atoms with Crippen molar-refractivity contribution in [2.24, 2.45) is 7.05 Å². The minimum absolute atomic E-state index is 0.651. The van der Waals surface area contributed by atoms with Gasteiger partial charge in [-0.05, 0) is 43.4 Å². The average molecular weight is 241 g/mol. The molecule has 4 heteroatoms. The van der Waals surface area contributed by atoms with Gasteiger partial charge >= 0.3 is 0 Å². The van der Waals surface area contributed by atoms with Gasteiger partial charge in [-0.15, -0.1) is 0 Å². The Morgan fingerprint density at radius 2 is 2.31 bits per heavy atom. The van der Waals surface area contributed by atoms with E-state index in [-0.39, 0.29) is 0 Å². The molecule has 1 heterocycles. The van der Waals surface area contributed by atoms with Gasteiger partial charge in [-0.1, -0.05) is 6.92 Å². The van der Waals surface area contributed by atoms with Crippen LogP contribution in [-0.4, -0.2) is 34.4 Å². The van der Waals surface area contributed by atoms with Crippen molar-refractivity contribution in [2.75, 3.05) is 18.6 Å². The maximum absolute atomic E-state index is 4.19. The van der Waals surface area contributed by atoms with E-state index in [1.165, 1.54) is 24.2 Å². The number of aryl methyl sites for hydroxylation is 2. The molecular formula is C12H23N3S. The number of nitrogens with one attached hydrogen (secondary N) is 1. The van der Waals surface area contributed by atoms with Crippen molar-refractivity contribution in [3.63, 3.8) is 0 Å². The van der Waals surface area contributed by atoms with Crippen LogP contribution >= 0.6 is 11.8 Å². The van der Waals surface area contributed by atoms with Crippen molar-refractivity contribution in [1.82, 2.24) is 15.1 Å². The van der Waals surface area contributed by atoms with Crippen LogP contribution in [0.4, 0.5) is 0 Å². The first-order valence-electron chi connectivity index (χ1n) is 5.96. The predicted octanol–water partition coefficient (Wildman–Crippen LogP) is 2.08. The van der Waals surface area contributed by atoms with E-state index in [1.807, 2.05) is 29.7 Å². The van der Waals surface area contributed by atoms with Gasteiger partial charge < -0.3 is 5.32 Å². The fourth-order valence-corrected chi connectivity index (χ4v) is 2.36. The largest absolute Gasteiger partial charge is 0.314 e. The molecule has 16 heavy (non-hydrogen) atoms. The summed E-state index contributed by atoms with van der Waals surface area (Å²) in [6.07, 6.45) is 9.84. The molecule has 0 aliphatic carbocycles. The zero-order valence-corrected chi connectivity index (χ0v) is 11.4. The highest BCUT2D eigenvalue weighted by molar-refractivity contribution is 7.98. The van der Waals surface area contributed by atoms with E-state index in [4.69, 9.17) is 0 Å². The van der Waals surface area contributed by atoms with Crippen molar-refractivity contribution in [3.8, 4) is 0 Å². The maximum Gasteiger partial charge on any atom is 0.0521 e. The molecule has 1 aromatic heterocycles. The van der Waals surface area contributed by atoms with Gasteiger partial charge in [0.05, 0.1) is 6.20 Å². The lowest BCUT2D eigenvalue weighted by atomic mass is 10.1. The van der Waals surface area contributed by atoms with Gasteiger partial charge in [-0.3, -0.25) is 4.68 Å². The zero-order chi connectivity index (χ0) is 11.8. The fraction of sp³-hybridized carbons (Fsp3) is 0.750. The van der Waals surface area contributed by atoms with E-state index in [2.05, 4.69) is 29.8 Å². The first-order chi connectivity index (χ1) is 7.76. The molecule has 92 valence electrons. The SMILES string of the molecule is CCNC(CCSC)CCc1cnn(C)c1. The summed E-state index contributed by atoms with van der Waals surface area (Å²) in [6.45, 7) is 3.24. The molecule has 1 unspecified atom stereocenters. The zero-order valence-electron chi connectivity index (χ0n) is 10.6. The minimum Gasteiger partial charge on any atom is -0.314 e. The number of nitrogens with zero attached hydrogens (tertiary/aromatic N) is 2. The van der Waals surface area contributed by atoms with Crippen LogP contribution in [0.3, 0.4) is 0 Å². The summed E-state index contributed by atoms with van der Waals surface area (Å²) in [5.41, 5.74) is 1.34. The van der Waals surface area contributed by atoms with Gasteiger partial charge in [0.2, 0.25) is 0 Å². The van der Waals surface area contributed by atoms with E-state index < -0.39 is 0 Å². The number of thioether (sulfide) groups is 1. The van der Waals surface area contributed by atoms with Crippen molar-refractivity contribution < 1.29 is 0 Å². The number of aromatic nitrogens is 2. The van der Waals surface area contributed by atoms with E-state index in [0.29, 0.717) is 6.04 Å². The summed E-state index contributed by atoms with van der Waals surface area (Å²) >= 11 is 1.93. The molecular weight excluding hydrogens is 218 g/mol. The Bertz CT molecular complexity index is 286. The summed E-state index contributed by atoms with van der Waals surface area (Å²) < 4.78 is 1.87. The standard InChI is InChI=1S/C12H23N3S/c1-4-13-12(7-8-16-3)6-5-11-9-14-15(2)10-11/h9-10,12-13H,4-8H2,1-3H3. The minimum atomic E-state index is 0.651. The summed E-state index contributed by atoms with van der Waals surface area (Å²) in [7, 11) is 1.97. The molecule has 1 aromatic rings. The molecule has 0 fully saturated rings. The summed E-state index contributed by atoms with van der Waals surface area (Å²) in [5.74, 6) is 1.24. The maximum atomic E-state index is 4.19. The average Bonchev–Trinajstić information content (AvgIpc) is 2.68. The number of hydrogen-bond acceptors (Lipinski definition) is 3. The summed E-state index contributed by atoms with van der Waals surface area (Å²) in [6, 6.07) is 0.651. The van der Waals surface area contributed by atoms with Crippen LogP contribution in [0.2, 0.25) is 0 Å². The van der Waals surface area contributed by atoms with Gasteiger partial charge in [-0.2, -0.15) is 16.9 Å². The molecule has 0 amide bonds. The monoisotopic (exact) mass is 241 g/mol. The fourth-order valence-electron chi connectivity index (χ4n) is 1.84. The Kier molecular flexibility index (Phi) is 6.57. The van der Waals surface area contributed by atoms with Gasteiger partial charge in [0.25, 0.3) is 0 Å². The third-order valence-corrected chi connectivity index (χ3v) is 3.35. The Balaban J connectivity index is 2.30. The third kappa shape index (κ3) is 5.03. The molecule has 1 atom stereocenters. The lowest BCUT2D eigenvalue weighted by molar-refractivity contribution is 0.484. The topological polar surface area (TPSA) is 29.9 Å². The van der Waals surface area contributed by atoms with Crippen LogP contribution in [0.5, 0.6) is 0 Å². The first kappa shape index (κ1) is 13.6. The van der Waals surface area contributed by atoms with E-state index in [0.717, 1.165) is 13.0 Å². The Morgan fingerprint density at radius 1 is 1.50 bits per heavy atom. The Hall–Kier alpha value is -0.480. The lowest BCUT2D eigenvalue weighted by Crippen LogP contribution is -2.29. The van der Waals surface area contributed by atoms with Gasteiger partial charge in [0.15, 0.2) is 0 Å². The molecule has 0 saturated carbocycles. The smallest absolute Gasteiger partial charge is 0.0521 e. The van der Waals surface area contributed by atoms with E-state index >= 15 is 0 Å². The molecule has 1 rings (SSSR count). The second-order valence-electron chi connectivity index (χ2n) is 4.10. The third-order valence-electron chi connectivity index (χ3n) is 2.70. The molecule has 0 spiro atoms. The predicted molar refractivity (Wildman–Crippen MR) is 72.0 cm³/mol. The lowest BCUT2D eigenvalue weighted by Gasteiger charge is -2.16. The van der Waals surface area contributed by atoms with Gasteiger partial charge in [0.1, 0.15) is 0 Å². The molecule has 0 aliphatic heterocycles. The molecule has 3 nitrogen and oxygen atoms in total. The molecule has 0 saturated heterocycles. The molecule has 0 aliphatic rings. The summed E-state index contributed by atoms with van der Waals surface area (Å²) in [4.78, 5) is 0. The molecule has 0 bridgehead atoms. The molecule has 0 radical (unpaired) electrons. The van der Waals surface area contributed by atoms with Gasteiger partial charge in [-0.25, -0.2) is 0 Å². The van der Waals surface area contributed by atoms with Gasteiger partial charge in [0, 0.05) is 19.3 Å². The van der Waals surface area contributed by atoms with Crippen LogP contribution in [0.15, 0.2) is 12.4 Å². The second-order valence-corrected chi connectivity index (χ2v) is 5.08. The summed E-state index contributed by atoms with van der Waals surface area (Å²) in [5, 5.41) is 7.75. The van der Waals surface area contributed by atoms with Crippen LogP contribution < -0.4 is 5.32 Å². The van der Waals surface area contributed by atoms with Crippen molar-refractivity contribution in [2.45, 2.75) is 32.2 Å². The van der Waals surface area contributed by atoms with Crippen molar-refractivity contribution in [3.05, 3.63) is 18.0 Å². The Morgan fingerprint density at radius 3 is 2.88 bits per heavy atom. The number of rotatable bonds is 8. The van der Waals surface area contributed by atoms with E-state index in [9.17, 15) is 0 Å². The highest BCUT2D eigenvalue weighted by atomic mass is 32.2. The Labute approximate surface area is 103 Å². The highest BCUT2D eigenvalue weighted by Crippen LogP contribution is 2.09.